The molecule has 1 aromatic heterocycles. The van der Waals surface area contributed by atoms with Gasteiger partial charge in [-0.1, -0.05) is 0 Å². The van der Waals surface area contributed by atoms with Crippen molar-refractivity contribution in [3.8, 4) is 6.07 Å². The van der Waals surface area contributed by atoms with Crippen LogP contribution in [0, 0.1) is 24.2 Å². The highest BCUT2D eigenvalue weighted by Crippen LogP contribution is 2.12. The van der Waals surface area contributed by atoms with Crippen molar-refractivity contribution in [2.45, 2.75) is 13.8 Å². The van der Waals surface area contributed by atoms with E-state index >= 15 is 0 Å². The molecule has 1 heterocycles. The van der Waals surface area contributed by atoms with Crippen molar-refractivity contribution in [3.63, 3.8) is 0 Å². The highest BCUT2D eigenvalue weighted by Gasteiger charge is 2.12. The molecule has 0 bridgehead atoms. The van der Waals surface area contributed by atoms with Crippen molar-refractivity contribution in [1.29, 1.82) is 5.26 Å². The molecule has 0 spiro atoms. The average molecular weight is 189 g/mol. The van der Waals surface area contributed by atoms with Gasteiger partial charge in [-0.3, -0.25) is 9.78 Å². The number of carbonyl (C=O) groups excluding carboxylic acids is 1. The molecule has 1 N–H and O–H groups in total. The van der Waals surface area contributed by atoms with E-state index in [-0.39, 0.29) is 5.91 Å². The van der Waals surface area contributed by atoms with Gasteiger partial charge in [0.15, 0.2) is 0 Å². The van der Waals surface area contributed by atoms with E-state index in [0.29, 0.717) is 5.69 Å². The minimum atomic E-state index is -0.644. The van der Waals surface area contributed by atoms with Crippen molar-refractivity contribution in [3.05, 3.63) is 24.0 Å². The molecule has 0 aliphatic carbocycles. The van der Waals surface area contributed by atoms with E-state index in [1.165, 1.54) is 0 Å². The number of aryl methyl sites for hydroxylation is 1. The second-order valence-corrected chi connectivity index (χ2v) is 3.03. The summed E-state index contributed by atoms with van der Waals surface area (Å²) in [6, 6.07) is 3.67. The Morgan fingerprint density at radius 2 is 2.43 bits per heavy atom. The molecule has 1 atom stereocenters. The Morgan fingerprint density at radius 3 is 3.00 bits per heavy atom. The van der Waals surface area contributed by atoms with Gasteiger partial charge < -0.3 is 5.32 Å². The summed E-state index contributed by atoms with van der Waals surface area (Å²) in [6.07, 6.45) is 3.22. The standard InChI is InChI=1S/C10H11N3O/c1-7-3-4-12-6-9(7)13-10(14)8(2)5-11/h3-4,6,8H,1-2H3,(H,13,14). The van der Waals surface area contributed by atoms with Gasteiger partial charge in [0.25, 0.3) is 0 Å². The third-order valence-corrected chi connectivity index (χ3v) is 1.88. The quantitative estimate of drug-likeness (QED) is 0.766. The van der Waals surface area contributed by atoms with Crippen LogP contribution in [0.3, 0.4) is 0 Å². The summed E-state index contributed by atoms with van der Waals surface area (Å²) in [5, 5.41) is 11.2. The fraction of sp³-hybridized carbons (Fsp3) is 0.300. The number of carbonyl (C=O) groups is 1. The number of aromatic nitrogens is 1. The first-order chi connectivity index (χ1) is 6.65. The third kappa shape index (κ3) is 2.30. The molecule has 0 saturated heterocycles. The number of nitrogens with zero attached hydrogens (tertiary/aromatic N) is 2. The van der Waals surface area contributed by atoms with Gasteiger partial charge in [-0.05, 0) is 25.5 Å². The lowest BCUT2D eigenvalue weighted by atomic mass is 10.2. The maximum atomic E-state index is 11.3. The maximum absolute atomic E-state index is 11.3. The number of hydrogen-bond acceptors (Lipinski definition) is 3. The molecule has 0 fully saturated rings. The molecule has 0 aliphatic heterocycles. The smallest absolute Gasteiger partial charge is 0.241 e. The van der Waals surface area contributed by atoms with E-state index in [1.807, 2.05) is 13.0 Å². The van der Waals surface area contributed by atoms with Crippen molar-refractivity contribution < 1.29 is 4.79 Å². The molecule has 1 aromatic rings. The number of nitrogens with one attached hydrogen (secondary N) is 1. The van der Waals surface area contributed by atoms with Crippen molar-refractivity contribution in [2.24, 2.45) is 5.92 Å². The first-order valence-electron chi connectivity index (χ1n) is 4.26. The zero-order valence-corrected chi connectivity index (χ0v) is 8.11. The van der Waals surface area contributed by atoms with Gasteiger partial charge in [0.05, 0.1) is 18.0 Å². The second-order valence-electron chi connectivity index (χ2n) is 3.03. The SMILES string of the molecule is Cc1ccncc1NC(=O)C(C)C#N. The molecule has 4 heteroatoms. The Labute approximate surface area is 82.6 Å². The Hall–Kier alpha value is -1.89. The predicted octanol–water partition coefficient (Wildman–Crippen LogP) is 1.49. The molecule has 72 valence electrons. The third-order valence-electron chi connectivity index (χ3n) is 1.88. The number of pyridine rings is 1. The summed E-state index contributed by atoms with van der Waals surface area (Å²) in [5.74, 6) is -0.946. The number of rotatable bonds is 2. The Morgan fingerprint density at radius 1 is 1.71 bits per heavy atom. The minimum absolute atomic E-state index is 0.302. The second kappa shape index (κ2) is 4.38. The van der Waals surface area contributed by atoms with Crippen LogP contribution in [0.1, 0.15) is 12.5 Å². The summed E-state index contributed by atoms with van der Waals surface area (Å²) in [5.41, 5.74) is 1.58. The summed E-state index contributed by atoms with van der Waals surface area (Å²) in [6.45, 7) is 3.43. The number of nitriles is 1. The van der Waals surface area contributed by atoms with E-state index < -0.39 is 5.92 Å². The van der Waals surface area contributed by atoms with Crippen LogP contribution in [0.5, 0.6) is 0 Å². The van der Waals surface area contributed by atoms with Crippen LogP contribution in [0.15, 0.2) is 18.5 Å². The monoisotopic (exact) mass is 189 g/mol. The van der Waals surface area contributed by atoms with Crippen LogP contribution in [-0.4, -0.2) is 10.9 Å². The summed E-state index contributed by atoms with van der Waals surface area (Å²) in [4.78, 5) is 15.2. The molecule has 0 aliphatic rings. The summed E-state index contributed by atoms with van der Waals surface area (Å²) < 4.78 is 0. The van der Waals surface area contributed by atoms with Gasteiger partial charge in [-0.2, -0.15) is 5.26 Å². The zero-order chi connectivity index (χ0) is 10.6. The molecule has 4 nitrogen and oxygen atoms in total. The Bertz CT molecular complexity index is 381. The van der Waals surface area contributed by atoms with E-state index in [1.54, 1.807) is 25.4 Å². The van der Waals surface area contributed by atoms with Gasteiger partial charge in [0.2, 0.25) is 5.91 Å². The van der Waals surface area contributed by atoms with E-state index in [4.69, 9.17) is 5.26 Å². The molecular formula is C10H11N3O. The van der Waals surface area contributed by atoms with Gasteiger partial charge in [0, 0.05) is 6.20 Å². The molecule has 1 unspecified atom stereocenters. The molecule has 0 saturated carbocycles. The van der Waals surface area contributed by atoms with Crippen LogP contribution in [0.4, 0.5) is 5.69 Å². The predicted molar refractivity (Wildman–Crippen MR) is 52.4 cm³/mol. The van der Waals surface area contributed by atoms with Crippen molar-refractivity contribution >= 4 is 11.6 Å². The number of amides is 1. The van der Waals surface area contributed by atoms with Gasteiger partial charge >= 0.3 is 0 Å². The first kappa shape index (κ1) is 10.2. The fourth-order valence-electron chi connectivity index (χ4n) is 0.894. The van der Waals surface area contributed by atoms with Crippen LogP contribution in [-0.2, 0) is 4.79 Å². The molecule has 0 radical (unpaired) electrons. The lowest BCUT2D eigenvalue weighted by Crippen LogP contribution is -2.19. The Kier molecular flexibility index (Phi) is 3.19. The van der Waals surface area contributed by atoms with Crippen LogP contribution >= 0.6 is 0 Å². The van der Waals surface area contributed by atoms with Crippen molar-refractivity contribution in [2.75, 3.05) is 5.32 Å². The lowest BCUT2D eigenvalue weighted by Gasteiger charge is -2.07. The van der Waals surface area contributed by atoms with E-state index in [2.05, 4.69) is 10.3 Å². The fourth-order valence-corrected chi connectivity index (χ4v) is 0.894. The Balaban J connectivity index is 2.76. The topological polar surface area (TPSA) is 65.8 Å². The van der Waals surface area contributed by atoms with Crippen LogP contribution < -0.4 is 5.32 Å². The highest BCUT2D eigenvalue weighted by atomic mass is 16.1. The lowest BCUT2D eigenvalue weighted by molar-refractivity contribution is -0.117. The largest absolute Gasteiger partial charge is 0.323 e. The maximum Gasteiger partial charge on any atom is 0.241 e. The van der Waals surface area contributed by atoms with E-state index in [0.717, 1.165) is 5.56 Å². The van der Waals surface area contributed by atoms with Gasteiger partial charge in [-0.25, -0.2) is 0 Å². The van der Waals surface area contributed by atoms with Crippen LogP contribution in [0.2, 0.25) is 0 Å². The van der Waals surface area contributed by atoms with E-state index in [9.17, 15) is 4.79 Å². The highest BCUT2D eigenvalue weighted by molar-refractivity contribution is 5.94. The van der Waals surface area contributed by atoms with Gasteiger partial charge in [-0.15, -0.1) is 0 Å². The molecular weight excluding hydrogens is 178 g/mol. The van der Waals surface area contributed by atoms with Crippen LogP contribution in [0.25, 0.3) is 0 Å². The summed E-state index contributed by atoms with van der Waals surface area (Å²) in [7, 11) is 0. The molecule has 14 heavy (non-hydrogen) atoms. The van der Waals surface area contributed by atoms with Gasteiger partial charge in [0.1, 0.15) is 5.92 Å². The molecule has 0 aromatic carbocycles. The number of hydrogen-bond donors (Lipinski definition) is 1. The molecule has 1 amide bonds. The summed E-state index contributed by atoms with van der Waals surface area (Å²) >= 11 is 0. The number of anilines is 1. The molecule has 1 rings (SSSR count). The zero-order valence-electron chi connectivity index (χ0n) is 8.11. The minimum Gasteiger partial charge on any atom is -0.323 e. The normalized spacial score (nSPS) is 11.5. The average Bonchev–Trinajstić information content (AvgIpc) is 2.20. The first-order valence-corrected chi connectivity index (χ1v) is 4.26. The van der Waals surface area contributed by atoms with Crippen molar-refractivity contribution in [1.82, 2.24) is 4.98 Å².